The molecule has 0 aliphatic carbocycles. The quantitative estimate of drug-likeness (QED) is 0.290. The van der Waals surface area contributed by atoms with Crippen LogP contribution in [-0.2, 0) is 9.53 Å². The molecule has 1 amide bonds. The molecule has 2 unspecified atom stereocenters. The summed E-state index contributed by atoms with van der Waals surface area (Å²) >= 11 is 0. The number of rotatable bonds is 8. The van der Waals surface area contributed by atoms with E-state index >= 15 is 0 Å². The van der Waals surface area contributed by atoms with Crippen LogP contribution in [0, 0.1) is 11.8 Å². The number of amides is 1. The number of likely N-dealkylation sites (tertiary alicyclic amines) is 1. The zero-order valence-electron chi connectivity index (χ0n) is 18.8. The molecule has 2 N–H and O–H groups in total. The molecule has 7 nitrogen and oxygen atoms in total. The summed E-state index contributed by atoms with van der Waals surface area (Å²) in [5.41, 5.74) is 0. The van der Waals surface area contributed by atoms with Crippen LogP contribution in [0.15, 0.2) is 4.99 Å². The van der Waals surface area contributed by atoms with Gasteiger partial charge in [0.1, 0.15) is 0 Å². The molecular weight excluding hydrogens is 481 g/mol. The van der Waals surface area contributed by atoms with Crippen LogP contribution in [-0.4, -0.2) is 87.2 Å². The Morgan fingerprint density at radius 3 is 2.55 bits per heavy atom. The first kappa shape index (κ1) is 26.4. The van der Waals surface area contributed by atoms with Crippen LogP contribution in [0.2, 0.25) is 0 Å². The van der Waals surface area contributed by atoms with Crippen molar-refractivity contribution >= 4 is 35.8 Å². The highest BCUT2D eigenvalue weighted by Gasteiger charge is 2.23. The van der Waals surface area contributed by atoms with Gasteiger partial charge in [-0.25, -0.2) is 0 Å². The molecule has 29 heavy (non-hydrogen) atoms. The largest absolute Gasteiger partial charge is 0.379 e. The predicted molar refractivity (Wildman–Crippen MR) is 130 cm³/mol. The van der Waals surface area contributed by atoms with Crippen molar-refractivity contribution in [2.75, 3.05) is 59.5 Å². The number of aliphatic imine (C=N–C) groups is 1. The van der Waals surface area contributed by atoms with Gasteiger partial charge in [-0.2, -0.15) is 0 Å². The van der Waals surface area contributed by atoms with Crippen molar-refractivity contribution in [1.29, 1.82) is 0 Å². The van der Waals surface area contributed by atoms with Crippen molar-refractivity contribution in [1.82, 2.24) is 20.4 Å². The predicted octanol–water partition coefficient (Wildman–Crippen LogP) is 2.16. The molecule has 2 rings (SSSR count). The Balaban J connectivity index is 0.00000420. The molecule has 2 atom stereocenters. The molecule has 0 spiro atoms. The minimum Gasteiger partial charge on any atom is -0.379 e. The smallest absolute Gasteiger partial charge is 0.224 e. The van der Waals surface area contributed by atoms with Crippen LogP contribution in [0.4, 0.5) is 0 Å². The molecule has 0 aromatic carbocycles. The first-order valence-corrected chi connectivity index (χ1v) is 11.0. The topological polar surface area (TPSA) is 69.2 Å². The zero-order valence-corrected chi connectivity index (χ0v) is 21.1. The minimum atomic E-state index is 0. The molecule has 2 heterocycles. The monoisotopic (exact) mass is 523 g/mol. The SMILES string of the molecule is CN=C(NCCC(=O)N1CCCC(C)C1)NCC(CC(C)C)N1CCOCC1.I. The highest BCUT2D eigenvalue weighted by atomic mass is 127. The van der Waals surface area contributed by atoms with E-state index in [1.54, 1.807) is 7.05 Å². The molecule has 2 aliphatic heterocycles. The summed E-state index contributed by atoms with van der Waals surface area (Å²) in [6.45, 7) is 13.7. The number of nitrogens with one attached hydrogen (secondary N) is 2. The standard InChI is InChI=1S/C21H41N5O2.HI/c1-17(2)14-19(25-10-12-28-13-11-25)15-24-21(22-4)23-8-7-20(27)26-9-5-6-18(3)16-26;/h17-19H,5-16H2,1-4H3,(H2,22,23,24);1H. The van der Waals surface area contributed by atoms with E-state index in [1.165, 1.54) is 6.42 Å². The van der Waals surface area contributed by atoms with E-state index in [-0.39, 0.29) is 29.9 Å². The van der Waals surface area contributed by atoms with Gasteiger partial charge in [-0.3, -0.25) is 14.7 Å². The van der Waals surface area contributed by atoms with E-state index in [9.17, 15) is 4.79 Å². The van der Waals surface area contributed by atoms with Crippen molar-refractivity contribution in [3.8, 4) is 0 Å². The Bertz CT molecular complexity index is 497. The highest BCUT2D eigenvalue weighted by molar-refractivity contribution is 14.0. The van der Waals surface area contributed by atoms with Crippen molar-refractivity contribution in [3.05, 3.63) is 0 Å². The number of hydrogen-bond donors (Lipinski definition) is 2. The summed E-state index contributed by atoms with van der Waals surface area (Å²) in [6, 6.07) is 0.471. The van der Waals surface area contributed by atoms with Crippen LogP contribution in [0.5, 0.6) is 0 Å². The van der Waals surface area contributed by atoms with Gasteiger partial charge in [0.05, 0.1) is 13.2 Å². The number of halogens is 1. The molecule has 0 aromatic rings. The lowest BCUT2D eigenvalue weighted by atomic mass is 10.00. The van der Waals surface area contributed by atoms with Gasteiger partial charge in [0.2, 0.25) is 5.91 Å². The van der Waals surface area contributed by atoms with Crippen LogP contribution >= 0.6 is 24.0 Å². The van der Waals surface area contributed by atoms with E-state index in [4.69, 9.17) is 4.74 Å². The average Bonchev–Trinajstić information content (AvgIpc) is 2.69. The lowest BCUT2D eigenvalue weighted by Crippen LogP contribution is -2.51. The van der Waals surface area contributed by atoms with Gasteiger partial charge in [0, 0.05) is 58.8 Å². The van der Waals surface area contributed by atoms with Gasteiger partial charge in [-0.15, -0.1) is 24.0 Å². The maximum atomic E-state index is 12.4. The van der Waals surface area contributed by atoms with Gasteiger partial charge in [0.25, 0.3) is 0 Å². The van der Waals surface area contributed by atoms with Crippen molar-refractivity contribution in [2.45, 2.75) is 52.5 Å². The number of hydrogen-bond acceptors (Lipinski definition) is 4. The van der Waals surface area contributed by atoms with Crippen LogP contribution < -0.4 is 10.6 Å². The second kappa shape index (κ2) is 14.4. The van der Waals surface area contributed by atoms with E-state index < -0.39 is 0 Å². The number of guanidine groups is 1. The number of carbonyl (C=O) groups excluding carboxylic acids is 1. The molecule has 2 saturated heterocycles. The number of ether oxygens (including phenoxy) is 1. The molecule has 2 fully saturated rings. The van der Waals surface area contributed by atoms with Crippen molar-refractivity contribution in [2.24, 2.45) is 16.8 Å². The molecule has 0 radical (unpaired) electrons. The average molecular weight is 524 g/mol. The molecule has 0 saturated carbocycles. The van der Waals surface area contributed by atoms with E-state index in [0.717, 1.165) is 64.7 Å². The third-order valence-electron chi connectivity index (χ3n) is 5.68. The summed E-state index contributed by atoms with van der Waals surface area (Å²) in [5.74, 6) is 2.30. The molecular formula is C21H42IN5O2. The van der Waals surface area contributed by atoms with E-state index in [1.807, 2.05) is 4.90 Å². The molecule has 0 aromatic heterocycles. The third kappa shape index (κ3) is 9.83. The van der Waals surface area contributed by atoms with Crippen molar-refractivity contribution in [3.63, 3.8) is 0 Å². The Morgan fingerprint density at radius 1 is 1.21 bits per heavy atom. The number of morpholine rings is 1. The summed E-state index contributed by atoms with van der Waals surface area (Å²) in [6.07, 6.45) is 4.03. The summed E-state index contributed by atoms with van der Waals surface area (Å²) < 4.78 is 5.50. The van der Waals surface area contributed by atoms with Gasteiger partial charge >= 0.3 is 0 Å². The third-order valence-corrected chi connectivity index (χ3v) is 5.68. The normalized spacial score (nSPS) is 22.2. The fourth-order valence-electron chi connectivity index (χ4n) is 4.15. The Morgan fingerprint density at radius 2 is 1.93 bits per heavy atom. The second-order valence-corrected chi connectivity index (χ2v) is 8.65. The van der Waals surface area contributed by atoms with E-state index in [0.29, 0.717) is 30.8 Å². The highest BCUT2D eigenvalue weighted by Crippen LogP contribution is 2.16. The lowest BCUT2D eigenvalue weighted by Gasteiger charge is -2.35. The number of nitrogens with zero attached hydrogens (tertiary/aromatic N) is 3. The van der Waals surface area contributed by atoms with Gasteiger partial charge in [-0.05, 0) is 31.1 Å². The molecule has 8 heteroatoms. The Hall–Kier alpha value is -0.610. The first-order chi connectivity index (χ1) is 13.5. The van der Waals surface area contributed by atoms with Gasteiger partial charge < -0.3 is 20.3 Å². The number of carbonyl (C=O) groups is 1. The fraction of sp³-hybridized carbons (Fsp3) is 0.905. The van der Waals surface area contributed by atoms with Crippen LogP contribution in [0.1, 0.15) is 46.5 Å². The fourth-order valence-corrected chi connectivity index (χ4v) is 4.15. The summed E-state index contributed by atoms with van der Waals surface area (Å²) in [4.78, 5) is 21.3. The van der Waals surface area contributed by atoms with Crippen molar-refractivity contribution < 1.29 is 9.53 Å². The summed E-state index contributed by atoms with van der Waals surface area (Å²) in [5, 5.41) is 6.77. The maximum absolute atomic E-state index is 12.4. The first-order valence-electron chi connectivity index (χ1n) is 11.0. The van der Waals surface area contributed by atoms with Crippen LogP contribution in [0.3, 0.4) is 0 Å². The van der Waals surface area contributed by atoms with E-state index in [2.05, 4.69) is 41.3 Å². The van der Waals surface area contributed by atoms with Gasteiger partial charge in [0.15, 0.2) is 5.96 Å². The van der Waals surface area contributed by atoms with Crippen LogP contribution in [0.25, 0.3) is 0 Å². The molecule has 0 bridgehead atoms. The molecule has 170 valence electrons. The molecule has 2 aliphatic rings. The minimum absolute atomic E-state index is 0. The second-order valence-electron chi connectivity index (χ2n) is 8.65. The number of piperidine rings is 1. The summed E-state index contributed by atoms with van der Waals surface area (Å²) in [7, 11) is 1.79. The lowest BCUT2D eigenvalue weighted by molar-refractivity contribution is -0.132. The Kier molecular flexibility index (Phi) is 13.1. The zero-order chi connectivity index (χ0) is 20.4. The Labute approximate surface area is 194 Å². The van der Waals surface area contributed by atoms with Gasteiger partial charge in [-0.1, -0.05) is 20.8 Å². The maximum Gasteiger partial charge on any atom is 0.224 e.